The average molecular weight is 405 g/mol. The molecule has 1 heterocycles. The lowest BCUT2D eigenvalue weighted by Crippen LogP contribution is -2.04. The number of ketones is 2. The molecule has 0 bridgehead atoms. The first-order chi connectivity index (χ1) is 14.4. The quantitative estimate of drug-likeness (QED) is 0.598. The number of carboxylic acid groups (broad SMARTS) is 1. The molecule has 0 atom stereocenters. The average Bonchev–Trinajstić information content (AvgIpc) is 3.21. The molecule has 2 aromatic carbocycles. The van der Waals surface area contributed by atoms with Crippen LogP contribution >= 0.6 is 0 Å². The predicted molar refractivity (Wildman–Crippen MR) is 107 cm³/mol. The van der Waals surface area contributed by atoms with E-state index < -0.39 is 5.97 Å². The van der Waals surface area contributed by atoms with Gasteiger partial charge in [0.25, 0.3) is 0 Å². The van der Waals surface area contributed by atoms with Gasteiger partial charge in [0.1, 0.15) is 11.5 Å². The normalized spacial score (nSPS) is 12.8. The first-order valence-corrected chi connectivity index (χ1v) is 9.51. The second kappa shape index (κ2) is 7.94. The van der Waals surface area contributed by atoms with Gasteiger partial charge in [-0.1, -0.05) is 12.1 Å². The Morgan fingerprint density at radius 2 is 1.93 bits per heavy atom. The fourth-order valence-corrected chi connectivity index (χ4v) is 3.46. The second-order valence-corrected chi connectivity index (χ2v) is 7.12. The smallest absolute Gasteiger partial charge is 0.307 e. The zero-order valence-electron chi connectivity index (χ0n) is 16.3. The topological polar surface area (TPSA) is 107 Å². The molecule has 0 saturated heterocycles. The fourth-order valence-electron chi connectivity index (χ4n) is 3.46. The van der Waals surface area contributed by atoms with Crippen molar-refractivity contribution < 1.29 is 28.6 Å². The van der Waals surface area contributed by atoms with Crippen LogP contribution < -0.4 is 4.74 Å². The number of ether oxygens (including phenoxy) is 1. The van der Waals surface area contributed by atoms with Crippen LogP contribution in [0.15, 0.2) is 46.9 Å². The number of aryl methyl sites for hydroxylation is 1. The van der Waals surface area contributed by atoms with E-state index in [2.05, 4.69) is 4.98 Å². The molecule has 152 valence electrons. The molecule has 1 aliphatic carbocycles. The Hall–Kier alpha value is -3.74. The van der Waals surface area contributed by atoms with Crippen LogP contribution in [-0.4, -0.2) is 34.2 Å². The van der Waals surface area contributed by atoms with Crippen molar-refractivity contribution in [3.63, 3.8) is 0 Å². The van der Waals surface area contributed by atoms with E-state index in [0.717, 1.165) is 5.69 Å². The number of fused-ring (bicyclic) bond motifs is 1. The van der Waals surface area contributed by atoms with Crippen LogP contribution in [0.1, 0.15) is 44.2 Å². The van der Waals surface area contributed by atoms with Gasteiger partial charge in [-0.05, 0) is 42.8 Å². The Labute approximate surface area is 172 Å². The fraction of sp³-hybridized carbons (Fsp3) is 0.217. The van der Waals surface area contributed by atoms with Crippen molar-refractivity contribution in [1.82, 2.24) is 4.98 Å². The minimum absolute atomic E-state index is 0.0577. The molecule has 0 aliphatic heterocycles. The highest BCUT2D eigenvalue weighted by atomic mass is 16.5. The van der Waals surface area contributed by atoms with Gasteiger partial charge in [0, 0.05) is 23.1 Å². The number of hydrogen-bond donors (Lipinski definition) is 1. The molecule has 1 aromatic heterocycles. The minimum Gasteiger partial charge on any atom is -0.493 e. The molecule has 30 heavy (non-hydrogen) atoms. The highest BCUT2D eigenvalue weighted by Gasteiger charge is 2.28. The third-order valence-corrected chi connectivity index (χ3v) is 4.94. The van der Waals surface area contributed by atoms with Crippen molar-refractivity contribution in [3.05, 3.63) is 70.6 Å². The monoisotopic (exact) mass is 405 g/mol. The first-order valence-electron chi connectivity index (χ1n) is 9.51. The van der Waals surface area contributed by atoms with Gasteiger partial charge < -0.3 is 14.3 Å². The molecule has 0 fully saturated rings. The van der Waals surface area contributed by atoms with Gasteiger partial charge in [-0.2, -0.15) is 0 Å². The molecular weight excluding hydrogens is 386 g/mol. The molecule has 3 aromatic rings. The molecule has 0 amide bonds. The van der Waals surface area contributed by atoms with Gasteiger partial charge >= 0.3 is 5.97 Å². The zero-order chi connectivity index (χ0) is 21.3. The standard InChI is InChI=1S/C23H19NO6/c1-13-19(7-8-29-16-4-2-3-14(9-16)10-22(27)28)24-23(30-13)15-5-6-17-18(11-15)21(26)12-20(17)25/h2-6,9,11H,7-8,10,12H2,1H3,(H,27,28). The van der Waals surface area contributed by atoms with Crippen LogP contribution in [0.4, 0.5) is 0 Å². The number of benzene rings is 2. The van der Waals surface area contributed by atoms with Crippen molar-refractivity contribution in [3.8, 4) is 17.2 Å². The summed E-state index contributed by atoms with van der Waals surface area (Å²) in [6.45, 7) is 2.15. The summed E-state index contributed by atoms with van der Waals surface area (Å²) < 4.78 is 11.5. The van der Waals surface area contributed by atoms with Crippen molar-refractivity contribution in [2.75, 3.05) is 6.61 Å². The minimum atomic E-state index is -0.893. The van der Waals surface area contributed by atoms with Gasteiger partial charge in [-0.15, -0.1) is 0 Å². The molecule has 1 aliphatic rings. The van der Waals surface area contributed by atoms with Gasteiger partial charge in [0.2, 0.25) is 5.89 Å². The molecule has 4 rings (SSSR count). The highest BCUT2D eigenvalue weighted by Crippen LogP contribution is 2.29. The van der Waals surface area contributed by atoms with E-state index in [0.29, 0.717) is 52.7 Å². The molecule has 0 saturated carbocycles. The SMILES string of the molecule is Cc1oc(-c2ccc3c(c2)C(=O)CC3=O)nc1CCOc1cccc(CC(=O)O)c1. The number of hydrogen-bond acceptors (Lipinski definition) is 6. The van der Waals surface area contributed by atoms with Crippen LogP contribution in [0.3, 0.4) is 0 Å². The van der Waals surface area contributed by atoms with E-state index in [1.807, 2.05) is 0 Å². The number of aromatic nitrogens is 1. The van der Waals surface area contributed by atoms with Crippen LogP contribution in [0.5, 0.6) is 5.75 Å². The van der Waals surface area contributed by atoms with E-state index in [9.17, 15) is 14.4 Å². The number of carboxylic acids is 1. The summed E-state index contributed by atoms with van der Waals surface area (Å²) in [5.74, 6) is 0.402. The van der Waals surface area contributed by atoms with Crippen molar-refractivity contribution in [2.45, 2.75) is 26.2 Å². The van der Waals surface area contributed by atoms with Gasteiger partial charge in [-0.25, -0.2) is 4.98 Å². The van der Waals surface area contributed by atoms with Crippen LogP contribution in [0.2, 0.25) is 0 Å². The maximum absolute atomic E-state index is 12.0. The van der Waals surface area contributed by atoms with Crippen LogP contribution in [-0.2, 0) is 17.6 Å². The number of Topliss-reactive ketones (excluding diaryl/α,β-unsaturated/α-hetero) is 2. The molecular formula is C23H19NO6. The molecule has 1 N–H and O–H groups in total. The first kappa shape index (κ1) is 19.6. The number of carbonyl (C=O) groups is 3. The lowest BCUT2D eigenvalue weighted by Gasteiger charge is -2.06. The number of rotatable bonds is 7. The van der Waals surface area contributed by atoms with Crippen LogP contribution in [0.25, 0.3) is 11.5 Å². The van der Waals surface area contributed by atoms with E-state index in [1.165, 1.54) is 0 Å². The third kappa shape index (κ3) is 4.00. The summed E-state index contributed by atoms with van der Waals surface area (Å²) in [6.07, 6.45) is 0.359. The van der Waals surface area contributed by atoms with E-state index >= 15 is 0 Å². The number of nitrogens with zero attached hydrogens (tertiary/aromatic N) is 1. The summed E-state index contributed by atoms with van der Waals surface area (Å²) in [5.41, 5.74) is 2.91. The van der Waals surface area contributed by atoms with E-state index in [4.69, 9.17) is 14.3 Å². The lowest BCUT2D eigenvalue weighted by molar-refractivity contribution is -0.136. The number of oxazole rings is 1. The summed E-state index contributed by atoms with van der Waals surface area (Å²) in [4.78, 5) is 39.1. The third-order valence-electron chi connectivity index (χ3n) is 4.94. The lowest BCUT2D eigenvalue weighted by atomic mass is 10.1. The Bertz CT molecular complexity index is 1160. The summed E-state index contributed by atoms with van der Waals surface area (Å²) in [7, 11) is 0. The molecule has 0 unspecified atom stereocenters. The summed E-state index contributed by atoms with van der Waals surface area (Å²) in [5, 5.41) is 8.89. The summed E-state index contributed by atoms with van der Waals surface area (Å²) >= 11 is 0. The largest absolute Gasteiger partial charge is 0.493 e. The Morgan fingerprint density at radius 1 is 1.13 bits per heavy atom. The van der Waals surface area contributed by atoms with Crippen molar-refractivity contribution in [1.29, 1.82) is 0 Å². The number of aliphatic carboxylic acids is 1. The molecule has 7 nitrogen and oxygen atoms in total. The van der Waals surface area contributed by atoms with E-state index in [-0.39, 0.29) is 24.4 Å². The molecule has 0 radical (unpaired) electrons. The van der Waals surface area contributed by atoms with E-state index in [1.54, 1.807) is 49.4 Å². The van der Waals surface area contributed by atoms with Crippen molar-refractivity contribution >= 4 is 17.5 Å². The Morgan fingerprint density at radius 3 is 2.73 bits per heavy atom. The maximum atomic E-state index is 12.0. The predicted octanol–water partition coefficient (Wildman–Crippen LogP) is 3.67. The van der Waals surface area contributed by atoms with Gasteiger partial charge in [0.05, 0.1) is 25.1 Å². The van der Waals surface area contributed by atoms with Gasteiger partial charge in [-0.3, -0.25) is 14.4 Å². The van der Waals surface area contributed by atoms with Crippen molar-refractivity contribution in [2.24, 2.45) is 0 Å². The zero-order valence-corrected chi connectivity index (χ0v) is 16.3. The molecule has 0 spiro atoms. The maximum Gasteiger partial charge on any atom is 0.307 e. The van der Waals surface area contributed by atoms with Crippen LogP contribution in [0, 0.1) is 6.92 Å². The number of carbonyl (C=O) groups excluding carboxylic acids is 2. The van der Waals surface area contributed by atoms with Gasteiger partial charge in [0.15, 0.2) is 11.6 Å². The Kier molecular flexibility index (Phi) is 5.18. The Balaban J connectivity index is 1.44. The highest BCUT2D eigenvalue weighted by molar-refractivity contribution is 6.24. The summed E-state index contributed by atoms with van der Waals surface area (Å²) in [6, 6.07) is 12.0. The molecule has 7 heteroatoms. The second-order valence-electron chi connectivity index (χ2n) is 7.12.